The van der Waals surface area contributed by atoms with Crippen LogP contribution in [0.4, 0.5) is 5.69 Å². The van der Waals surface area contributed by atoms with E-state index in [0.29, 0.717) is 6.54 Å². The van der Waals surface area contributed by atoms with Crippen LogP contribution in [0.2, 0.25) is 0 Å². The van der Waals surface area contributed by atoms with Gasteiger partial charge in [0.1, 0.15) is 0 Å². The van der Waals surface area contributed by atoms with Crippen LogP contribution in [-0.2, 0) is 24.4 Å². The Morgan fingerprint density at radius 2 is 1.18 bits per heavy atom. The molecular formula is C32H36N6OS. The Labute approximate surface area is 242 Å². The maximum atomic E-state index is 13.4. The molecule has 1 aliphatic carbocycles. The molecule has 0 saturated heterocycles. The number of rotatable bonds is 11. The van der Waals surface area contributed by atoms with Crippen LogP contribution in [0.25, 0.3) is 0 Å². The van der Waals surface area contributed by atoms with Gasteiger partial charge in [0.25, 0.3) is 0 Å². The van der Waals surface area contributed by atoms with Crippen molar-refractivity contribution < 1.29 is 4.79 Å². The molecule has 1 N–H and O–H groups in total. The second-order valence-corrected chi connectivity index (χ2v) is 10.8. The van der Waals surface area contributed by atoms with Crippen molar-refractivity contribution in [3.05, 3.63) is 115 Å². The third-order valence-electron chi connectivity index (χ3n) is 7.40. The highest BCUT2D eigenvalue weighted by molar-refractivity contribution is 7.80. The van der Waals surface area contributed by atoms with Crippen LogP contribution in [0.15, 0.2) is 102 Å². The first kappa shape index (κ1) is 28.0. The molecule has 1 aliphatic rings. The number of carbonyl (C=O) groups is 1. The number of amides is 1. The van der Waals surface area contributed by atoms with Crippen molar-refractivity contribution in [3.63, 3.8) is 0 Å². The Balaban J connectivity index is 1.42. The van der Waals surface area contributed by atoms with Gasteiger partial charge in [-0.15, -0.1) is 12.6 Å². The number of anilines is 1. The van der Waals surface area contributed by atoms with Gasteiger partial charge < -0.3 is 5.32 Å². The fraction of sp³-hybridized carbons (Fsp3) is 0.312. The Hall–Kier alpha value is -3.59. The molecule has 4 aromatic rings. The van der Waals surface area contributed by atoms with E-state index >= 15 is 0 Å². The molecule has 0 aliphatic heterocycles. The lowest BCUT2D eigenvalue weighted by atomic mass is 9.87. The number of aromatic nitrogens is 3. The minimum absolute atomic E-state index is 0.0341. The highest BCUT2D eigenvalue weighted by Crippen LogP contribution is 2.30. The van der Waals surface area contributed by atoms with E-state index in [0.717, 1.165) is 66.4 Å². The summed E-state index contributed by atoms with van der Waals surface area (Å²) in [5.41, 5.74) is 3.79. The fourth-order valence-corrected chi connectivity index (χ4v) is 5.70. The number of carbonyl (C=O) groups excluding carboxylic acids is 1. The number of benzene rings is 1. The molecule has 5 rings (SSSR count). The Bertz CT molecular complexity index is 1280. The number of hydrogen-bond donors (Lipinski definition) is 2. The standard InChI is InChI=1S/C32H36N6OS/c39-32(36-25-14-16-29(40)17-15-25)24-38(23-28-11-5-8-20-35-28)31-13-2-1-12-30(31)37(21-26-9-3-6-18-33-26)22-27-10-4-7-19-34-27/h3-11,14-20,30-31,40H,1-2,12-13,21-24H2,(H,36,39). The molecule has 2 atom stereocenters. The fourth-order valence-electron chi connectivity index (χ4n) is 5.55. The van der Waals surface area contributed by atoms with Crippen molar-refractivity contribution in [2.24, 2.45) is 0 Å². The maximum Gasteiger partial charge on any atom is 0.238 e. The average molecular weight is 553 g/mol. The Morgan fingerprint density at radius 1 is 0.700 bits per heavy atom. The van der Waals surface area contributed by atoms with E-state index in [1.54, 1.807) is 0 Å². The van der Waals surface area contributed by atoms with Crippen LogP contribution < -0.4 is 5.32 Å². The number of nitrogens with zero attached hydrogens (tertiary/aromatic N) is 5. The van der Waals surface area contributed by atoms with Crippen molar-refractivity contribution in [3.8, 4) is 0 Å². The van der Waals surface area contributed by atoms with E-state index in [4.69, 9.17) is 0 Å². The van der Waals surface area contributed by atoms with E-state index in [9.17, 15) is 4.79 Å². The topological polar surface area (TPSA) is 74.2 Å². The van der Waals surface area contributed by atoms with E-state index in [1.165, 1.54) is 0 Å². The predicted molar refractivity (Wildman–Crippen MR) is 161 cm³/mol. The molecule has 1 fully saturated rings. The first-order chi connectivity index (χ1) is 19.6. The van der Waals surface area contributed by atoms with E-state index < -0.39 is 0 Å². The second kappa shape index (κ2) is 14.2. The molecule has 206 valence electrons. The second-order valence-electron chi connectivity index (χ2n) is 10.3. The van der Waals surface area contributed by atoms with Crippen molar-refractivity contribution >= 4 is 24.2 Å². The third-order valence-corrected chi connectivity index (χ3v) is 7.70. The molecule has 0 radical (unpaired) electrons. The lowest BCUT2D eigenvalue weighted by Gasteiger charge is -2.45. The summed E-state index contributed by atoms with van der Waals surface area (Å²) in [5, 5.41) is 3.08. The largest absolute Gasteiger partial charge is 0.325 e. The van der Waals surface area contributed by atoms with Crippen LogP contribution in [-0.4, -0.2) is 49.3 Å². The molecular weight excluding hydrogens is 516 g/mol. The predicted octanol–water partition coefficient (Wildman–Crippen LogP) is 5.61. The van der Waals surface area contributed by atoms with Gasteiger partial charge >= 0.3 is 0 Å². The summed E-state index contributed by atoms with van der Waals surface area (Å²) in [6.07, 6.45) is 9.87. The average Bonchev–Trinajstić information content (AvgIpc) is 2.99. The van der Waals surface area contributed by atoms with Gasteiger partial charge in [0.05, 0.1) is 23.6 Å². The van der Waals surface area contributed by atoms with Crippen LogP contribution in [0.5, 0.6) is 0 Å². The van der Waals surface area contributed by atoms with Crippen LogP contribution in [0, 0.1) is 0 Å². The molecule has 0 bridgehead atoms. The number of nitrogens with one attached hydrogen (secondary N) is 1. The minimum atomic E-state index is -0.0341. The van der Waals surface area contributed by atoms with Crippen molar-refractivity contribution in [1.82, 2.24) is 24.8 Å². The first-order valence-electron chi connectivity index (χ1n) is 13.9. The van der Waals surface area contributed by atoms with Crippen LogP contribution in [0.3, 0.4) is 0 Å². The van der Waals surface area contributed by atoms with Crippen molar-refractivity contribution in [2.75, 3.05) is 11.9 Å². The van der Waals surface area contributed by atoms with Crippen molar-refractivity contribution in [2.45, 2.75) is 62.3 Å². The monoisotopic (exact) mass is 552 g/mol. The summed E-state index contributed by atoms with van der Waals surface area (Å²) in [6, 6.07) is 26.1. The highest BCUT2D eigenvalue weighted by atomic mass is 32.1. The zero-order valence-corrected chi connectivity index (χ0v) is 23.5. The highest BCUT2D eigenvalue weighted by Gasteiger charge is 2.35. The van der Waals surface area contributed by atoms with Crippen molar-refractivity contribution in [1.29, 1.82) is 0 Å². The minimum Gasteiger partial charge on any atom is -0.325 e. The van der Waals surface area contributed by atoms with E-state index in [-0.39, 0.29) is 24.5 Å². The zero-order valence-electron chi connectivity index (χ0n) is 22.6. The molecule has 40 heavy (non-hydrogen) atoms. The molecule has 2 unspecified atom stereocenters. The zero-order chi connectivity index (χ0) is 27.6. The molecule has 3 aromatic heterocycles. The van der Waals surface area contributed by atoms with Crippen LogP contribution in [0.1, 0.15) is 42.8 Å². The molecule has 7 nitrogen and oxygen atoms in total. The van der Waals surface area contributed by atoms with E-state index in [1.807, 2.05) is 85.3 Å². The Kier molecular flexibility index (Phi) is 9.90. The molecule has 8 heteroatoms. The summed E-state index contributed by atoms with van der Waals surface area (Å²) in [7, 11) is 0. The molecule has 1 aromatic carbocycles. The lowest BCUT2D eigenvalue weighted by molar-refractivity contribution is -0.118. The summed E-state index contributed by atoms with van der Waals surface area (Å²) in [6.45, 7) is 2.32. The SMILES string of the molecule is O=C(CN(Cc1ccccn1)C1CCCCC1N(Cc1ccccn1)Cc1ccccn1)Nc1ccc(S)cc1. The van der Waals surface area contributed by atoms with Gasteiger partial charge in [0, 0.05) is 60.9 Å². The van der Waals surface area contributed by atoms with Gasteiger partial charge in [0.2, 0.25) is 5.91 Å². The van der Waals surface area contributed by atoms with Gasteiger partial charge in [-0.2, -0.15) is 0 Å². The summed E-state index contributed by atoms with van der Waals surface area (Å²) in [4.78, 5) is 32.9. The summed E-state index contributed by atoms with van der Waals surface area (Å²) >= 11 is 4.36. The number of pyridine rings is 3. The van der Waals surface area contributed by atoms with Gasteiger partial charge in [-0.25, -0.2) is 0 Å². The first-order valence-corrected chi connectivity index (χ1v) is 14.4. The lowest BCUT2D eigenvalue weighted by Crippen LogP contribution is -2.54. The number of hydrogen-bond acceptors (Lipinski definition) is 7. The van der Waals surface area contributed by atoms with Gasteiger partial charge in [-0.05, 0) is 73.5 Å². The van der Waals surface area contributed by atoms with Crippen LogP contribution >= 0.6 is 12.6 Å². The quantitative estimate of drug-likeness (QED) is 0.236. The number of thiol groups is 1. The molecule has 1 saturated carbocycles. The maximum absolute atomic E-state index is 13.4. The van der Waals surface area contributed by atoms with Gasteiger partial charge in [-0.3, -0.25) is 29.5 Å². The molecule has 1 amide bonds. The van der Waals surface area contributed by atoms with E-state index in [2.05, 4.69) is 54.8 Å². The van der Waals surface area contributed by atoms with Gasteiger partial charge in [-0.1, -0.05) is 31.0 Å². The molecule has 3 heterocycles. The summed E-state index contributed by atoms with van der Waals surface area (Å²) < 4.78 is 0. The third kappa shape index (κ3) is 7.97. The molecule has 0 spiro atoms. The summed E-state index contributed by atoms with van der Waals surface area (Å²) in [5.74, 6) is -0.0341. The normalized spacial score (nSPS) is 17.2. The Morgan fingerprint density at radius 3 is 1.65 bits per heavy atom. The smallest absolute Gasteiger partial charge is 0.238 e. The van der Waals surface area contributed by atoms with Gasteiger partial charge in [0.15, 0.2) is 0 Å².